The summed E-state index contributed by atoms with van der Waals surface area (Å²) in [6.07, 6.45) is 0. The molecule has 0 fully saturated rings. The molecule has 0 spiro atoms. The van der Waals surface area contributed by atoms with Crippen LogP contribution in [0.3, 0.4) is 0 Å². The molecule has 20 heavy (non-hydrogen) atoms. The average Bonchev–Trinajstić information content (AvgIpc) is 2.96. The number of aliphatic carboxylic acids is 1. The molecule has 0 saturated carbocycles. The van der Waals surface area contributed by atoms with Crippen molar-refractivity contribution in [1.82, 2.24) is 10.3 Å². The maximum Gasteiger partial charge on any atom is 0.328 e. The first kappa shape index (κ1) is 15.1. The Hall–Kier alpha value is -1.25. The number of nitrogens with zero attached hydrogens (tertiary/aromatic N) is 1. The third kappa shape index (κ3) is 3.25. The molecule has 1 amide bonds. The van der Waals surface area contributed by atoms with Gasteiger partial charge in [-0.15, -0.1) is 22.7 Å². The molecule has 2 N–H and O–H groups in total. The van der Waals surface area contributed by atoms with Crippen molar-refractivity contribution >= 4 is 50.5 Å². The maximum absolute atomic E-state index is 12.0. The number of rotatable bonds is 4. The molecule has 0 atom stereocenters. The van der Waals surface area contributed by atoms with E-state index in [1.165, 1.54) is 36.5 Å². The summed E-state index contributed by atoms with van der Waals surface area (Å²) in [7, 11) is 0. The lowest BCUT2D eigenvalue weighted by Gasteiger charge is -2.20. The van der Waals surface area contributed by atoms with Crippen molar-refractivity contribution in [3.05, 3.63) is 27.0 Å². The predicted octanol–water partition coefficient (Wildman–Crippen LogP) is 3.23. The van der Waals surface area contributed by atoms with E-state index in [1.54, 1.807) is 5.38 Å². The quantitative estimate of drug-likeness (QED) is 0.860. The lowest BCUT2D eigenvalue weighted by Crippen LogP contribution is -2.49. The van der Waals surface area contributed by atoms with Crippen LogP contribution in [-0.2, 0) is 4.79 Å². The van der Waals surface area contributed by atoms with Crippen LogP contribution >= 0.6 is 38.6 Å². The van der Waals surface area contributed by atoms with E-state index in [9.17, 15) is 9.59 Å². The second-order valence-electron chi connectivity index (χ2n) is 4.53. The highest BCUT2D eigenvalue weighted by Crippen LogP contribution is 2.33. The highest BCUT2D eigenvalue weighted by Gasteiger charge is 2.30. The number of hydrogen-bond acceptors (Lipinski definition) is 5. The van der Waals surface area contributed by atoms with Gasteiger partial charge in [-0.1, -0.05) is 0 Å². The molecule has 2 heterocycles. The first-order chi connectivity index (χ1) is 9.29. The summed E-state index contributed by atoms with van der Waals surface area (Å²) in [5.74, 6) is -1.58. The molecular weight excluding hydrogens is 364 g/mol. The van der Waals surface area contributed by atoms with Crippen molar-refractivity contribution in [2.24, 2.45) is 0 Å². The van der Waals surface area contributed by atoms with Gasteiger partial charge in [0, 0.05) is 5.38 Å². The van der Waals surface area contributed by atoms with E-state index in [4.69, 9.17) is 5.11 Å². The highest BCUT2D eigenvalue weighted by molar-refractivity contribution is 9.11. The van der Waals surface area contributed by atoms with Crippen LogP contribution in [0, 0.1) is 0 Å². The Labute approximate surface area is 131 Å². The van der Waals surface area contributed by atoms with E-state index in [1.807, 2.05) is 12.1 Å². The van der Waals surface area contributed by atoms with E-state index in [2.05, 4.69) is 26.2 Å². The number of carbonyl (C=O) groups is 2. The minimum Gasteiger partial charge on any atom is -0.480 e. The monoisotopic (exact) mass is 374 g/mol. The van der Waals surface area contributed by atoms with Crippen LogP contribution in [0.15, 0.2) is 21.3 Å². The van der Waals surface area contributed by atoms with Crippen molar-refractivity contribution in [3.63, 3.8) is 0 Å². The van der Waals surface area contributed by atoms with Gasteiger partial charge >= 0.3 is 5.97 Å². The SMILES string of the molecule is CC(C)(NC(=O)c1csc(-c2ccc(Br)s2)n1)C(=O)O. The standard InChI is InChI=1S/C12H11BrN2O3S2/c1-12(2,11(17)18)15-9(16)6-5-19-10(14-6)7-3-4-8(13)20-7/h3-5H,1-2H3,(H,15,16)(H,17,18). The highest BCUT2D eigenvalue weighted by atomic mass is 79.9. The number of carboxylic acids is 1. The van der Waals surface area contributed by atoms with E-state index >= 15 is 0 Å². The summed E-state index contributed by atoms with van der Waals surface area (Å²) in [6.45, 7) is 2.85. The molecule has 8 heteroatoms. The molecule has 0 aliphatic heterocycles. The van der Waals surface area contributed by atoms with Crippen LogP contribution in [-0.4, -0.2) is 27.5 Å². The molecule has 5 nitrogen and oxygen atoms in total. The maximum atomic E-state index is 12.0. The van der Waals surface area contributed by atoms with Gasteiger partial charge in [-0.05, 0) is 41.9 Å². The number of thiophene rings is 1. The molecule has 2 aromatic rings. The fourth-order valence-electron chi connectivity index (χ4n) is 1.32. The molecule has 0 saturated heterocycles. The zero-order valence-electron chi connectivity index (χ0n) is 10.6. The Balaban J connectivity index is 2.17. The van der Waals surface area contributed by atoms with Crippen LogP contribution < -0.4 is 5.32 Å². The van der Waals surface area contributed by atoms with Crippen molar-refractivity contribution in [2.75, 3.05) is 0 Å². The van der Waals surface area contributed by atoms with Crippen LogP contribution in [0.25, 0.3) is 9.88 Å². The number of amides is 1. The number of halogens is 1. The van der Waals surface area contributed by atoms with Gasteiger partial charge in [-0.25, -0.2) is 9.78 Å². The Morgan fingerprint density at radius 2 is 2.10 bits per heavy atom. The van der Waals surface area contributed by atoms with E-state index in [-0.39, 0.29) is 5.69 Å². The summed E-state index contributed by atoms with van der Waals surface area (Å²) >= 11 is 6.24. The van der Waals surface area contributed by atoms with Gasteiger partial charge in [-0.2, -0.15) is 0 Å². The second kappa shape index (κ2) is 5.63. The summed E-state index contributed by atoms with van der Waals surface area (Å²) in [6, 6.07) is 3.82. The third-order valence-electron chi connectivity index (χ3n) is 2.48. The Bertz CT molecular complexity index is 663. The molecule has 0 radical (unpaired) electrons. The molecule has 0 aliphatic rings. The van der Waals surface area contributed by atoms with Crippen molar-refractivity contribution < 1.29 is 14.7 Å². The smallest absolute Gasteiger partial charge is 0.328 e. The van der Waals surface area contributed by atoms with Gasteiger partial charge < -0.3 is 10.4 Å². The molecule has 0 aliphatic carbocycles. The summed E-state index contributed by atoms with van der Waals surface area (Å²) < 4.78 is 0.987. The molecule has 0 aromatic carbocycles. The van der Waals surface area contributed by atoms with Crippen LogP contribution in [0.4, 0.5) is 0 Å². The lowest BCUT2D eigenvalue weighted by atomic mass is 10.1. The van der Waals surface area contributed by atoms with Crippen LogP contribution in [0.2, 0.25) is 0 Å². The Kier molecular flexibility index (Phi) is 4.26. The Morgan fingerprint density at radius 3 is 2.65 bits per heavy atom. The minimum absolute atomic E-state index is 0.226. The molecule has 0 unspecified atom stereocenters. The first-order valence-corrected chi connectivity index (χ1v) is 8.05. The van der Waals surface area contributed by atoms with Crippen molar-refractivity contribution in [1.29, 1.82) is 0 Å². The molecular formula is C12H11BrN2O3S2. The number of hydrogen-bond donors (Lipinski definition) is 2. The van der Waals surface area contributed by atoms with Gasteiger partial charge in [0.1, 0.15) is 16.2 Å². The topological polar surface area (TPSA) is 79.3 Å². The number of aromatic nitrogens is 1. The van der Waals surface area contributed by atoms with Crippen LogP contribution in [0.1, 0.15) is 24.3 Å². The van der Waals surface area contributed by atoms with Crippen LogP contribution in [0.5, 0.6) is 0 Å². The average molecular weight is 375 g/mol. The van der Waals surface area contributed by atoms with E-state index in [0.717, 1.165) is 13.7 Å². The van der Waals surface area contributed by atoms with Gasteiger partial charge in [0.25, 0.3) is 5.91 Å². The molecule has 106 valence electrons. The minimum atomic E-state index is -1.33. The zero-order valence-corrected chi connectivity index (χ0v) is 13.9. The number of carboxylic acid groups (broad SMARTS) is 1. The summed E-state index contributed by atoms with van der Waals surface area (Å²) in [5, 5.41) is 13.8. The second-order valence-corrected chi connectivity index (χ2v) is 7.85. The summed E-state index contributed by atoms with van der Waals surface area (Å²) in [5.41, 5.74) is -1.10. The van der Waals surface area contributed by atoms with Crippen molar-refractivity contribution in [2.45, 2.75) is 19.4 Å². The van der Waals surface area contributed by atoms with Gasteiger partial charge in [0.05, 0.1) is 8.66 Å². The fourth-order valence-corrected chi connectivity index (χ4v) is 3.58. The number of thiazole rings is 1. The Morgan fingerprint density at radius 1 is 1.40 bits per heavy atom. The van der Waals surface area contributed by atoms with E-state index < -0.39 is 17.4 Å². The lowest BCUT2D eigenvalue weighted by molar-refractivity contribution is -0.143. The zero-order chi connectivity index (χ0) is 14.9. The first-order valence-electron chi connectivity index (χ1n) is 5.57. The van der Waals surface area contributed by atoms with Gasteiger partial charge in [-0.3, -0.25) is 4.79 Å². The molecule has 0 bridgehead atoms. The normalized spacial score (nSPS) is 11.3. The number of carbonyl (C=O) groups excluding carboxylic acids is 1. The molecule has 2 aromatic heterocycles. The largest absolute Gasteiger partial charge is 0.480 e. The van der Waals surface area contributed by atoms with Gasteiger partial charge in [0.15, 0.2) is 0 Å². The van der Waals surface area contributed by atoms with Gasteiger partial charge in [0.2, 0.25) is 0 Å². The van der Waals surface area contributed by atoms with E-state index in [0.29, 0.717) is 0 Å². The predicted molar refractivity (Wildman–Crippen MR) is 82.3 cm³/mol. The molecule has 2 rings (SSSR count). The van der Waals surface area contributed by atoms with Crippen molar-refractivity contribution in [3.8, 4) is 9.88 Å². The fraction of sp³-hybridized carbons (Fsp3) is 0.250. The summed E-state index contributed by atoms with van der Waals surface area (Å²) in [4.78, 5) is 28.2. The number of nitrogens with one attached hydrogen (secondary N) is 1. The third-order valence-corrected chi connectivity index (χ3v) is 5.12.